The zero-order valence-corrected chi connectivity index (χ0v) is 21.9. The standard InChI is InChI=1S/C28H28ClN7O2/c1-4-27(37)34-24-12-21-23(13-25(24)36-14-20(15-36)35(2)3)31-17-32-28(21)33-18-8-9-26(22(29)11-18)38-16-19-7-5-6-10-30-19/h4-13,17,20H,1,14-16H2,2-3H3,(H,34,37)(H,31,32,33). The Hall–Kier alpha value is -4.21. The smallest absolute Gasteiger partial charge is 0.247 e. The zero-order chi connectivity index (χ0) is 26.6. The fraction of sp³-hybridized carbons (Fsp3) is 0.214. The van der Waals surface area contributed by atoms with Crippen LogP contribution in [0.2, 0.25) is 5.02 Å². The lowest BCUT2D eigenvalue weighted by atomic mass is 10.0. The number of hydrogen-bond acceptors (Lipinski definition) is 8. The van der Waals surface area contributed by atoms with E-state index in [1.54, 1.807) is 18.3 Å². The van der Waals surface area contributed by atoms with Crippen LogP contribution >= 0.6 is 11.6 Å². The second-order valence-corrected chi connectivity index (χ2v) is 9.61. The number of rotatable bonds is 9. The molecule has 0 spiro atoms. The number of amides is 1. The van der Waals surface area contributed by atoms with Crippen LogP contribution in [0.3, 0.4) is 0 Å². The maximum absolute atomic E-state index is 12.2. The summed E-state index contributed by atoms with van der Waals surface area (Å²) in [6.45, 7) is 5.62. The quantitative estimate of drug-likeness (QED) is 0.296. The van der Waals surface area contributed by atoms with Crippen LogP contribution in [0.4, 0.5) is 22.9 Å². The minimum atomic E-state index is -0.283. The molecule has 1 aliphatic rings. The molecule has 5 rings (SSSR count). The van der Waals surface area contributed by atoms with Crippen molar-refractivity contribution in [2.24, 2.45) is 0 Å². The number of likely N-dealkylation sites (N-methyl/N-ethyl adjacent to an activating group) is 1. The molecule has 38 heavy (non-hydrogen) atoms. The van der Waals surface area contributed by atoms with E-state index in [4.69, 9.17) is 16.3 Å². The molecule has 3 heterocycles. The maximum Gasteiger partial charge on any atom is 0.247 e. The van der Waals surface area contributed by atoms with Gasteiger partial charge in [0.15, 0.2) is 0 Å². The van der Waals surface area contributed by atoms with Crippen molar-refractivity contribution in [3.63, 3.8) is 0 Å². The van der Waals surface area contributed by atoms with Gasteiger partial charge in [-0.3, -0.25) is 9.78 Å². The highest BCUT2D eigenvalue weighted by Crippen LogP contribution is 2.37. The number of pyridine rings is 1. The number of fused-ring (bicyclic) bond motifs is 1. The lowest BCUT2D eigenvalue weighted by molar-refractivity contribution is -0.111. The second kappa shape index (κ2) is 11.0. The Kier molecular flexibility index (Phi) is 7.39. The molecule has 1 amide bonds. The Morgan fingerprint density at radius 2 is 2.03 bits per heavy atom. The van der Waals surface area contributed by atoms with Crippen LogP contribution in [0.15, 0.2) is 73.7 Å². The van der Waals surface area contributed by atoms with Gasteiger partial charge in [0.25, 0.3) is 0 Å². The lowest BCUT2D eigenvalue weighted by Gasteiger charge is -2.45. The van der Waals surface area contributed by atoms with Crippen molar-refractivity contribution in [1.29, 1.82) is 0 Å². The molecule has 2 aromatic carbocycles. The molecule has 9 nitrogen and oxygen atoms in total. The van der Waals surface area contributed by atoms with Crippen LogP contribution in [-0.2, 0) is 11.4 Å². The summed E-state index contributed by atoms with van der Waals surface area (Å²) in [4.78, 5) is 29.9. The first-order chi connectivity index (χ1) is 18.4. The molecular formula is C28H28ClN7O2. The van der Waals surface area contributed by atoms with Gasteiger partial charge >= 0.3 is 0 Å². The average molecular weight is 530 g/mol. The fourth-order valence-electron chi connectivity index (χ4n) is 4.18. The van der Waals surface area contributed by atoms with Crippen molar-refractivity contribution in [2.75, 3.05) is 42.7 Å². The predicted molar refractivity (Wildman–Crippen MR) is 151 cm³/mol. The van der Waals surface area contributed by atoms with Crippen molar-refractivity contribution in [3.8, 4) is 5.75 Å². The van der Waals surface area contributed by atoms with Gasteiger partial charge in [0.1, 0.15) is 24.5 Å². The molecule has 1 saturated heterocycles. The van der Waals surface area contributed by atoms with Gasteiger partial charge in [-0.05, 0) is 62.6 Å². The van der Waals surface area contributed by atoms with Crippen molar-refractivity contribution in [2.45, 2.75) is 12.6 Å². The molecule has 1 fully saturated rings. The van der Waals surface area contributed by atoms with Gasteiger partial charge in [0, 0.05) is 36.4 Å². The predicted octanol–water partition coefficient (Wildman–Crippen LogP) is 4.88. The van der Waals surface area contributed by atoms with Gasteiger partial charge in [-0.1, -0.05) is 24.2 Å². The molecular weight excluding hydrogens is 502 g/mol. The number of aromatic nitrogens is 3. The zero-order valence-electron chi connectivity index (χ0n) is 21.2. The van der Waals surface area contributed by atoms with E-state index in [2.05, 4.69) is 56.1 Å². The molecule has 0 bridgehead atoms. The first-order valence-electron chi connectivity index (χ1n) is 12.1. The van der Waals surface area contributed by atoms with E-state index in [1.165, 1.54) is 12.4 Å². The Morgan fingerprint density at radius 3 is 2.74 bits per heavy atom. The molecule has 0 saturated carbocycles. The van der Waals surface area contributed by atoms with E-state index >= 15 is 0 Å². The van der Waals surface area contributed by atoms with Crippen LogP contribution in [-0.4, -0.2) is 59.0 Å². The largest absolute Gasteiger partial charge is 0.486 e. The van der Waals surface area contributed by atoms with E-state index in [1.807, 2.05) is 36.4 Å². The van der Waals surface area contributed by atoms with Crippen LogP contribution in [0.5, 0.6) is 5.75 Å². The molecule has 194 valence electrons. The number of nitrogens with zero attached hydrogens (tertiary/aromatic N) is 5. The van der Waals surface area contributed by atoms with E-state index in [0.717, 1.165) is 41.1 Å². The maximum atomic E-state index is 12.2. The van der Waals surface area contributed by atoms with E-state index < -0.39 is 0 Å². The van der Waals surface area contributed by atoms with Gasteiger partial charge < -0.3 is 25.2 Å². The molecule has 10 heteroatoms. The van der Waals surface area contributed by atoms with Gasteiger partial charge in [0.2, 0.25) is 5.91 Å². The summed E-state index contributed by atoms with van der Waals surface area (Å²) in [5.74, 6) is 0.860. The molecule has 0 atom stereocenters. The highest BCUT2D eigenvalue weighted by atomic mass is 35.5. The highest BCUT2D eigenvalue weighted by Gasteiger charge is 2.30. The molecule has 0 radical (unpaired) electrons. The molecule has 2 N–H and O–H groups in total. The third kappa shape index (κ3) is 5.53. The molecule has 1 aliphatic heterocycles. The first kappa shape index (κ1) is 25.4. The Morgan fingerprint density at radius 1 is 1.18 bits per heavy atom. The minimum absolute atomic E-state index is 0.283. The first-order valence-corrected chi connectivity index (χ1v) is 12.5. The van der Waals surface area contributed by atoms with E-state index in [0.29, 0.717) is 34.9 Å². The number of benzene rings is 2. The summed E-state index contributed by atoms with van der Waals surface area (Å²) in [7, 11) is 4.14. The molecule has 2 aromatic heterocycles. The van der Waals surface area contributed by atoms with Gasteiger partial charge in [-0.2, -0.15) is 0 Å². The number of halogens is 1. The van der Waals surface area contributed by atoms with Crippen molar-refractivity contribution >= 4 is 51.3 Å². The van der Waals surface area contributed by atoms with Gasteiger partial charge in [-0.15, -0.1) is 0 Å². The van der Waals surface area contributed by atoms with Gasteiger partial charge in [-0.25, -0.2) is 9.97 Å². The van der Waals surface area contributed by atoms with Crippen LogP contribution in [0.1, 0.15) is 5.69 Å². The number of ether oxygens (including phenoxy) is 1. The van der Waals surface area contributed by atoms with Crippen LogP contribution in [0.25, 0.3) is 10.9 Å². The minimum Gasteiger partial charge on any atom is -0.486 e. The Bertz CT molecular complexity index is 1470. The van der Waals surface area contributed by atoms with E-state index in [-0.39, 0.29) is 5.91 Å². The third-order valence-electron chi connectivity index (χ3n) is 6.43. The topological polar surface area (TPSA) is 95.5 Å². The summed E-state index contributed by atoms with van der Waals surface area (Å²) in [6.07, 6.45) is 4.49. The van der Waals surface area contributed by atoms with Crippen molar-refractivity contribution in [1.82, 2.24) is 19.9 Å². The number of anilines is 4. The number of carbonyl (C=O) groups is 1. The SMILES string of the molecule is C=CC(=O)Nc1cc2c(Nc3ccc(OCc4ccccn4)c(Cl)c3)ncnc2cc1N1CC(N(C)C)C1. The molecule has 4 aromatic rings. The Balaban J connectivity index is 1.40. The number of hydrogen-bond donors (Lipinski definition) is 2. The summed E-state index contributed by atoms with van der Waals surface area (Å²) >= 11 is 6.51. The number of carbonyl (C=O) groups excluding carboxylic acids is 1. The summed E-state index contributed by atoms with van der Waals surface area (Å²) in [6, 6.07) is 15.4. The molecule has 0 aliphatic carbocycles. The lowest BCUT2D eigenvalue weighted by Crippen LogP contribution is -2.57. The summed E-state index contributed by atoms with van der Waals surface area (Å²) in [5.41, 5.74) is 3.88. The van der Waals surface area contributed by atoms with Gasteiger partial charge in [0.05, 0.1) is 27.6 Å². The fourth-order valence-corrected chi connectivity index (χ4v) is 4.42. The summed E-state index contributed by atoms with van der Waals surface area (Å²) < 4.78 is 5.83. The average Bonchev–Trinajstić information content (AvgIpc) is 2.88. The third-order valence-corrected chi connectivity index (χ3v) is 6.72. The second-order valence-electron chi connectivity index (χ2n) is 9.20. The van der Waals surface area contributed by atoms with Crippen molar-refractivity contribution in [3.05, 3.63) is 84.4 Å². The Labute approximate surface area is 226 Å². The number of nitrogens with one attached hydrogen (secondary N) is 2. The summed E-state index contributed by atoms with van der Waals surface area (Å²) in [5, 5.41) is 7.48. The monoisotopic (exact) mass is 529 g/mol. The highest BCUT2D eigenvalue weighted by molar-refractivity contribution is 6.32. The normalized spacial score (nSPS) is 13.3. The molecule has 0 unspecified atom stereocenters. The van der Waals surface area contributed by atoms with Crippen LogP contribution < -0.4 is 20.3 Å². The van der Waals surface area contributed by atoms with E-state index in [9.17, 15) is 4.79 Å². The van der Waals surface area contributed by atoms with Crippen LogP contribution in [0, 0.1) is 0 Å². The van der Waals surface area contributed by atoms with Crippen molar-refractivity contribution < 1.29 is 9.53 Å².